The number of nitrogens with one attached hydrogen (secondary N) is 2. The third kappa shape index (κ3) is 8.23. The molecule has 25 nitrogen and oxygen atoms in total. The van der Waals surface area contributed by atoms with Crippen molar-refractivity contribution in [1.29, 1.82) is 0 Å². The fraction of sp³-hybridized carbons (Fsp3) is 0.500. The van der Waals surface area contributed by atoms with E-state index in [1.807, 2.05) is 0 Å². The Morgan fingerprint density at radius 1 is 0.854 bits per heavy atom. The summed E-state index contributed by atoms with van der Waals surface area (Å²) in [6.45, 7) is -1.40. The van der Waals surface area contributed by atoms with Crippen molar-refractivity contribution in [3.63, 3.8) is 0 Å². The monoisotopic (exact) mass is 905 g/mol. The molecule has 0 aromatic carbocycles. The van der Waals surface area contributed by atoms with Crippen molar-refractivity contribution in [3.8, 4) is 0 Å². The third-order valence-corrected chi connectivity index (χ3v) is 8.48. The second kappa shape index (κ2) is 14.9. The number of aliphatic hydroxyl groups is 1. The van der Waals surface area contributed by atoms with Crippen LogP contribution in [0.15, 0.2) is 22.2 Å². The van der Waals surface area contributed by atoms with Gasteiger partial charge in [-0.2, -0.15) is 9.97 Å². The van der Waals surface area contributed by atoms with Crippen LogP contribution in [0.25, 0.3) is 22.3 Å². The maximum Gasteiger partial charge on any atom is 2.00 e. The molecule has 268 valence electrons. The number of nitrogens with two attached hydrogens (primary N) is 2. The standard InChI is InChI=1S/C20H26N10O13P2.2H3N.Pt/c21-19-25-15-13(17(32)27-19)23-5-29(15)11-1-7(31)9(41-11)3-40-45(37,38)43-8-2-12(42-10(8)4-39-44(34,35)36)30-6-24-14-16(30)26-20(22)28-18(14)33;;;/h5-12,31H,1-4H2,(H,37,38)(H2,34,35,36)(H3,21,25,27,32)(H3,22,26,28,33);2*1H3;/q;;;+2/t7-,8-,9+,10+,11+,12+;;;/m0.../s1. The molecule has 2 aliphatic heterocycles. The molecule has 2 aliphatic rings. The maximum absolute atomic E-state index is 13.0. The average Bonchev–Trinajstić information content (AvgIpc) is 3.71. The first kappa shape index (κ1) is 39.4. The number of nitrogen functional groups attached to an aromatic ring is 2. The van der Waals surface area contributed by atoms with Crippen molar-refractivity contribution in [2.75, 3.05) is 24.7 Å². The van der Waals surface area contributed by atoms with E-state index in [1.54, 1.807) is 0 Å². The summed E-state index contributed by atoms with van der Waals surface area (Å²) in [6, 6.07) is 0. The van der Waals surface area contributed by atoms with Crippen LogP contribution in [0.4, 0.5) is 11.9 Å². The van der Waals surface area contributed by atoms with Gasteiger partial charge in [0.2, 0.25) is 11.9 Å². The number of phosphoric ester groups is 2. The Labute approximate surface area is 281 Å². The molecular weight excluding hydrogens is 873 g/mol. The Hall–Kier alpha value is -2.99. The first-order valence-electron chi connectivity index (χ1n) is 13.0. The number of anilines is 2. The van der Waals surface area contributed by atoms with Crippen LogP contribution in [0.2, 0.25) is 0 Å². The number of hydrogen-bond acceptors (Lipinski definition) is 18. The molecule has 7 atom stereocenters. The molecule has 0 spiro atoms. The molecule has 2 fully saturated rings. The zero-order valence-corrected chi connectivity index (χ0v) is 28.4. The number of aromatic amines is 2. The predicted octanol–water partition coefficient (Wildman–Crippen LogP) is -1.71. The summed E-state index contributed by atoms with van der Waals surface area (Å²) in [5.74, 6) is -0.382. The zero-order chi connectivity index (χ0) is 32.3. The minimum atomic E-state index is -4.98. The Balaban J connectivity index is 0.00000208. The van der Waals surface area contributed by atoms with Crippen molar-refractivity contribution < 1.29 is 73.0 Å². The van der Waals surface area contributed by atoms with Crippen molar-refractivity contribution in [3.05, 3.63) is 33.4 Å². The van der Waals surface area contributed by atoms with E-state index >= 15 is 0 Å². The summed E-state index contributed by atoms with van der Waals surface area (Å²) in [4.78, 5) is 73.7. The van der Waals surface area contributed by atoms with E-state index in [0.29, 0.717) is 0 Å². The topological polar surface area (TPSA) is 410 Å². The molecule has 0 saturated carbocycles. The fourth-order valence-corrected chi connectivity index (χ4v) is 6.32. The third-order valence-electron chi connectivity index (χ3n) is 6.98. The molecule has 4 aromatic heterocycles. The van der Waals surface area contributed by atoms with Gasteiger partial charge in [0.1, 0.15) is 30.8 Å². The molecule has 6 heterocycles. The predicted molar refractivity (Wildman–Crippen MR) is 157 cm³/mol. The quantitative estimate of drug-likeness (QED) is 0.0792. The molecule has 6 rings (SSSR count). The molecule has 1 unspecified atom stereocenters. The van der Waals surface area contributed by atoms with Gasteiger partial charge in [-0.05, 0) is 0 Å². The minimum absolute atomic E-state index is 0. The number of H-pyrrole nitrogens is 2. The van der Waals surface area contributed by atoms with E-state index in [1.165, 1.54) is 21.8 Å². The molecule has 16 N–H and O–H groups in total. The Morgan fingerprint density at radius 2 is 1.33 bits per heavy atom. The molecule has 0 bridgehead atoms. The van der Waals surface area contributed by atoms with Gasteiger partial charge in [0.15, 0.2) is 22.3 Å². The SMILES string of the molecule is N.N.Nc1nc2c(ncn2[C@H]2C[C@H](OP(=O)(O)OC[C@H]3O[C@@H](n4cnc5c(=O)[nH]c(N)nc54)C[C@@H]3O)[C@@H](COP(=O)(O)O)O2)c(=O)[nH]1.[Pt+2]. The van der Waals surface area contributed by atoms with Gasteiger partial charge in [0.05, 0.1) is 32.0 Å². The van der Waals surface area contributed by atoms with Crippen LogP contribution in [-0.4, -0.2) is 96.5 Å². The van der Waals surface area contributed by atoms with Gasteiger partial charge in [-0.15, -0.1) is 0 Å². The van der Waals surface area contributed by atoms with Crippen LogP contribution in [0, 0.1) is 0 Å². The molecule has 0 radical (unpaired) electrons. The van der Waals surface area contributed by atoms with Gasteiger partial charge in [0, 0.05) is 12.8 Å². The number of rotatable bonds is 10. The van der Waals surface area contributed by atoms with Gasteiger partial charge in [-0.25, -0.2) is 19.1 Å². The first-order valence-corrected chi connectivity index (χ1v) is 16.0. The van der Waals surface area contributed by atoms with Crippen molar-refractivity contribution >= 4 is 49.9 Å². The van der Waals surface area contributed by atoms with E-state index in [2.05, 4.69) is 34.4 Å². The van der Waals surface area contributed by atoms with Crippen molar-refractivity contribution in [2.45, 2.75) is 49.7 Å². The van der Waals surface area contributed by atoms with E-state index in [4.69, 9.17) is 30.0 Å². The number of fused-ring (bicyclic) bond motifs is 2. The Kier molecular flexibility index (Phi) is 12.2. The minimum Gasteiger partial charge on any atom is -0.390 e. The molecule has 4 aromatic rings. The van der Waals surface area contributed by atoms with Crippen LogP contribution in [0.1, 0.15) is 25.3 Å². The van der Waals surface area contributed by atoms with Crippen molar-refractivity contribution in [1.82, 2.24) is 51.3 Å². The van der Waals surface area contributed by atoms with Gasteiger partial charge >= 0.3 is 36.7 Å². The van der Waals surface area contributed by atoms with Gasteiger partial charge in [-0.1, -0.05) is 0 Å². The average molecular weight is 906 g/mol. The van der Waals surface area contributed by atoms with E-state index in [0.717, 1.165) is 0 Å². The summed E-state index contributed by atoms with van der Waals surface area (Å²) < 4.78 is 53.5. The summed E-state index contributed by atoms with van der Waals surface area (Å²) in [7, 11) is -9.93. The molecule has 0 aliphatic carbocycles. The number of ether oxygens (including phenoxy) is 2. The molecular formula is C20H32N12O13P2Pt+2. The van der Waals surface area contributed by atoms with Gasteiger partial charge < -0.3 is 53.0 Å². The van der Waals surface area contributed by atoms with Gasteiger partial charge in [0.25, 0.3) is 11.1 Å². The summed E-state index contributed by atoms with van der Waals surface area (Å²) in [5.41, 5.74) is 10.0. The normalized spacial score (nSPS) is 25.3. The molecule has 28 heteroatoms. The summed E-state index contributed by atoms with van der Waals surface area (Å²) >= 11 is 0. The maximum atomic E-state index is 13.0. The first-order chi connectivity index (χ1) is 21.2. The van der Waals surface area contributed by atoms with Crippen LogP contribution in [0.3, 0.4) is 0 Å². The van der Waals surface area contributed by atoms with Gasteiger partial charge in [-0.3, -0.25) is 42.3 Å². The van der Waals surface area contributed by atoms with Crippen LogP contribution >= 0.6 is 15.6 Å². The fourth-order valence-electron chi connectivity index (χ4n) is 5.02. The largest absolute Gasteiger partial charge is 2.00 e. The van der Waals surface area contributed by atoms with E-state index in [9.17, 15) is 38.5 Å². The Morgan fingerprint density at radius 3 is 1.85 bits per heavy atom. The summed E-state index contributed by atoms with van der Waals surface area (Å²) in [5, 5.41) is 10.6. The smallest absolute Gasteiger partial charge is 0.390 e. The van der Waals surface area contributed by atoms with Crippen molar-refractivity contribution in [2.24, 2.45) is 0 Å². The number of phosphoric acid groups is 2. The summed E-state index contributed by atoms with van der Waals surface area (Å²) in [6.07, 6.45) is -4.69. The Bertz CT molecular complexity index is 1970. The van der Waals surface area contributed by atoms with Crippen LogP contribution in [0.5, 0.6) is 0 Å². The number of imidazole rings is 2. The zero-order valence-electron chi connectivity index (χ0n) is 24.4. The number of aliphatic hydroxyl groups excluding tert-OH is 1. The van der Waals surface area contributed by atoms with E-state index < -0.39 is 76.8 Å². The second-order valence-electron chi connectivity index (χ2n) is 10.0. The number of nitrogens with zero attached hydrogens (tertiary/aromatic N) is 6. The van der Waals surface area contributed by atoms with Crippen LogP contribution < -0.4 is 34.9 Å². The molecule has 0 amide bonds. The van der Waals surface area contributed by atoms with E-state index in [-0.39, 0.29) is 80.4 Å². The second-order valence-corrected chi connectivity index (χ2v) is 12.7. The number of hydrogen-bond donors (Lipinski definition) is 10. The molecule has 48 heavy (non-hydrogen) atoms. The molecule has 2 saturated heterocycles. The van der Waals surface area contributed by atoms with Crippen LogP contribution in [-0.2, 0) is 53.2 Å². The number of aromatic nitrogens is 8.